The summed E-state index contributed by atoms with van der Waals surface area (Å²) in [5.74, 6) is -2.90. The van der Waals surface area contributed by atoms with Gasteiger partial charge in [-0.3, -0.25) is 0 Å². The molecule has 1 N–H and O–H groups in total. The number of hydrogen-bond acceptors (Lipinski definition) is 6. The summed E-state index contributed by atoms with van der Waals surface area (Å²) in [7, 11) is 0. The molecule has 1 atom stereocenters. The second-order valence-corrected chi connectivity index (χ2v) is 6.64. The minimum atomic E-state index is -3.29. The molecule has 0 radical (unpaired) electrons. The van der Waals surface area contributed by atoms with Crippen LogP contribution in [-0.4, -0.2) is 42.5 Å². The SMILES string of the molecule is CCOC(=O)C(F)(C(=O)OCC)[C@H](NC(=O)OC(C)(C)C)c1ccccc1. The normalized spacial score (nSPS) is 12.7. The van der Waals surface area contributed by atoms with E-state index in [0.717, 1.165) is 0 Å². The van der Waals surface area contributed by atoms with E-state index in [9.17, 15) is 14.4 Å². The van der Waals surface area contributed by atoms with Crippen molar-refractivity contribution in [3.63, 3.8) is 0 Å². The van der Waals surface area contributed by atoms with Gasteiger partial charge in [0.2, 0.25) is 0 Å². The van der Waals surface area contributed by atoms with Crippen LogP contribution >= 0.6 is 0 Å². The minimum absolute atomic E-state index is 0.155. The van der Waals surface area contributed by atoms with Crippen LogP contribution in [0.2, 0.25) is 0 Å². The number of amides is 1. The lowest BCUT2D eigenvalue weighted by molar-refractivity contribution is -0.177. The Balaban J connectivity index is 3.40. The van der Waals surface area contributed by atoms with Gasteiger partial charge in [0.15, 0.2) is 0 Å². The molecule has 1 aromatic rings. The van der Waals surface area contributed by atoms with Crippen molar-refractivity contribution < 1.29 is 33.0 Å². The Hall–Kier alpha value is -2.64. The summed E-state index contributed by atoms with van der Waals surface area (Å²) >= 11 is 0. The smallest absolute Gasteiger partial charge is 0.408 e. The van der Waals surface area contributed by atoms with Crippen molar-refractivity contribution in [2.24, 2.45) is 0 Å². The number of benzene rings is 1. The molecule has 0 saturated carbocycles. The Kier molecular flexibility index (Phi) is 7.75. The Morgan fingerprint density at radius 3 is 1.89 bits per heavy atom. The van der Waals surface area contributed by atoms with Crippen LogP contribution in [-0.2, 0) is 23.8 Å². The van der Waals surface area contributed by atoms with Crippen LogP contribution in [0, 0.1) is 0 Å². The molecule has 0 aliphatic heterocycles. The minimum Gasteiger partial charge on any atom is -0.463 e. The number of esters is 2. The highest BCUT2D eigenvalue weighted by Gasteiger charge is 2.58. The molecule has 1 aromatic carbocycles. The van der Waals surface area contributed by atoms with Gasteiger partial charge in [0, 0.05) is 0 Å². The molecule has 0 aliphatic rings. The molecular weight excluding hydrogens is 357 g/mol. The summed E-state index contributed by atoms with van der Waals surface area (Å²) < 4.78 is 30.5. The van der Waals surface area contributed by atoms with Gasteiger partial charge in [-0.05, 0) is 40.2 Å². The van der Waals surface area contributed by atoms with Crippen LogP contribution in [0.1, 0.15) is 46.2 Å². The summed E-state index contributed by atoms with van der Waals surface area (Å²) in [6, 6.07) is 6.06. The average molecular weight is 383 g/mol. The summed E-state index contributed by atoms with van der Waals surface area (Å²) in [6.07, 6.45) is -0.994. The Morgan fingerprint density at radius 1 is 1.00 bits per heavy atom. The first kappa shape index (κ1) is 22.4. The molecule has 1 rings (SSSR count). The number of rotatable bonds is 7. The first-order chi connectivity index (χ1) is 12.6. The Bertz CT molecular complexity index is 638. The molecule has 7 nitrogen and oxygen atoms in total. The molecule has 0 heterocycles. The van der Waals surface area contributed by atoms with Gasteiger partial charge in [0.1, 0.15) is 11.6 Å². The molecule has 0 fully saturated rings. The molecule has 8 heteroatoms. The molecule has 0 aliphatic carbocycles. The molecular formula is C19H26FNO6. The standard InChI is InChI=1S/C19H26FNO6/c1-6-25-15(22)19(20,16(23)26-7-2)14(13-11-9-8-10-12-13)21-17(24)27-18(3,4)5/h8-12,14H,6-7H2,1-5H3,(H,21,24)/t14-/m1/s1. The topological polar surface area (TPSA) is 90.9 Å². The summed E-state index contributed by atoms with van der Waals surface area (Å²) in [6.45, 7) is 7.52. The molecule has 150 valence electrons. The first-order valence-electron chi connectivity index (χ1n) is 8.64. The van der Waals surface area contributed by atoms with Crippen molar-refractivity contribution in [1.82, 2.24) is 5.32 Å². The van der Waals surface area contributed by atoms with E-state index in [1.54, 1.807) is 39.0 Å². The van der Waals surface area contributed by atoms with Crippen molar-refractivity contribution in [3.05, 3.63) is 35.9 Å². The van der Waals surface area contributed by atoms with E-state index in [1.807, 2.05) is 0 Å². The molecule has 1 amide bonds. The van der Waals surface area contributed by atoms with Gasteiger partial charge in [-0.15, -0.1) is 0 Å². The van der Waals surface area contributed by atoms with Gasteiger partial charge in [0.05, 0.1) is 13.2 Å². The zero-order valence-corrected chi connectivity index (χ0v) is 16.2. The number of alkyl halides is 1. The van der Waals surface area contributed by atoms with E-state index in [4.69, 9.17) is 14.2 Å². The molecule has 0 spiro atoms. The largest absolute Gasteiger partial charge is 0.463 e. The third-order valence-electron chi connectivity index (χ3n) is 3.34. The third kappa shape index (κ3) is 5.94. The highest BCUT2D eigenvalue weighted by molar-refractivity contribution is 6.05. The fraction of sp³-hybridized carbons (Fsp3) is 0.526. The van der Waals surface area contributed by atoms with Gasteiger partial charge >= 0.3 is 23.7 Å². The number of nitrogens with one attached hydrogen (secondary N) is 1. The second kappa shape index (κ2) is 9.34. The molecule has 0 aromatic heterocycles. The molecule has 27 heavy (non-hydrogen) atoms. The van der Waals surface area contributed by atoms with Crippen LogP contribution in [0.5, 0.6) is 0 Å². The number of carbonyl (C=O) groups is 3. The molecule has 0 bridgehead atoms. The van der Waals surface area contributed by atoms with Crippen LogP contribution < -0.4 is 5.32 Å². The van der Waals surface area contributed by atoms with Crippen LogP contribution in [0.4, 0.5) is 9.18 Å². The van der Waals surface area contributed by atoms with Crippen molar-refractivity contribution in [1.29, 1.82) is 0 Å². The fourth-order valence-corrected chi connectivity index (χ4v) is 2.27. The number of ether oxygens (including phenoxy) is 3. The monoisotopic (exact) mass is 383 g/mol. The highest BCUT2D eigenvalue weighted by atomic mass is 19.1. The van der Waals surface area contributed by atoms with Gasteiger partial charge < -0.3 is 19.5 Å². The lowest BCUT2D eigenvalue weighted by atomic mass is 9.90. The maximum absolute atomic E-state index is 15.9. The third-order valence-corrected chi connectivity index (χ3v) is 3.34. The Morgan fingerprint density at radius 2 is 1.48 bits per heavy atom. The zero-order valence-electron chi connectivity index (χ0n) is 16.2. The highest BCUT2D eigenvalue weighted by Crippen LogP contribution is 2.33. The van der Waals surface area contributed by atoms with E-state index in [2.05, 4.69) is 5.32 Å². The van der Waals surface area contributed by atoms with Gasteiger partial charge in [-0.25, -0.2) is 18.8 Å². The maximum Gasteiger partial charge on any atom is 0.408 e. The zero-order chi connectivity index (χ0) is 20.7. The fourth-order valence-electron chi connectivity index (χ4n) is 2.27. The van der Waals surface area contributed by atoms with E-state index in [0.29, 0.717) is 0 Å². The number of carbonyl (C=O) groups excluding carboxylic acids is 3. The number of hydrogen-bond donors (Lipinski definition) is 1. The lowest BCUT2D eigenvalue weighted by Crippen LogP contribution is -2.55. The van der Waals surface area contributed by atoms with Crippen molar-refractivity contribution in [2.45, 2.75) is 51.9 Å². The average Bonchev–Trinajstić information content (AvgIpc) is 2.58. The predicted octanol–water partition coefficient (Wildman–Crippen LogP) is 3.09. The quantitative estimate of drug-likeness (QED) is 0.442. The first-order valence-corrected chi connectivity index (χ1v) is 8.64. The van der Waals surface area contributed by atoms with Crippen LogP contribution in [0.3, 0.4) is 0 Å². The van der Waals surface area contributed by atoms with E-state index in [-0.39, 0.29) is 18.8 Å². The summed E-state index contributed by atoms with van der Waals surface area (Å²) in [5.41, 5.74) is -3.98. The van der Waals surface area contributed by atoms with Crippen LogP contribution in [0.25, 0.3) is 0 Å². The Labute approximate surface area is 158 Å². The maximum atomic E-state index is 15.9. The van der Waals surface area contributed by atoms with Gasteiger partial charge in [0.25, 0.3) is 0 Å². The molecule has 0 unspecified atom stereocenters. The number of halogens is 1. The van der Waals surface area contributed by atoms with Crippen LogP contribution in [0.15, 0.2) is 30.3 Å². The van der Waals surface area contributed by atoms with Crippen molar-refractivity contribution >= 4 is 18.0 Å². The van der Waals surface area contributed by atoms with Crippen molar-refractivity contribution in [3.8, 4) is 0 Å². The predicted molar refractivity (Wildman–Crippen MR) is 95.7 cm³/mol. The second-order valence-electron chi connectivity index (χ2n) is 6.64. The summed E-state index contributed by atoms with van der Waals surface area (Å²) in [5, 5.41) is 2.27. The van der Waals surface area contributed by atoms with Gasteiger partial charge in [-0.2, -0.15) is 0 Å². The van der Waals surface area contributed by atoms with E-state index >= 15 is 4.39 Å². The summed E-state index contributed by atoms with van der Waals surface area (Å²) in [4.78, 5) is 37.0. The molecule has 0 saturated heterocycles. The lowest BCUT2D eigenvalue weighted by Gasteiger charge is -2.31. The van der Waals surface area contributed by atoms with Gasteiger partial charge in [-0.1, -0.05) is 30.3 Å². The van der Waals surface area contributed by atoms with E-state index < -0.39 is 35.3 Å². The van der Waals surface area contributed by atoms with Crippen molar-refractivity contribution in [2.75, 3.05) is 13.2 Å². The number of alkyl carbamates (subject to hydrolysis) is 1. The van der Waals surface area contributed by atoms with E-state index in [1.165, 1.54) is 26.0 Å².